The van der Waals surface area contributed by atoms with Gasteiger partial charge in [-0.15, -0.1) is 0 Å². The fraction of sp³-hybridized carbons (Fsp3) is 0.632. The van der Waals surface area contributed by atoms with Gasteiger partial charge in [-0.2, -0.15) is 0 Å². The van der Waals surface area contributed by atoms with Gasteiger partial charge >= 0.3 is 0 Å². The molecular formula is C19H28N2O2. The van der Waals surface area contributed by atoms with Crippen LogP contribution in [-0.4, -0.2) is 31.6 Å². The van der Waals surface area contributed by atoms with Crippen LogP contribution in [0.2, 0.25) is 0 Å². The number of ether oxygens (including phenoxy) is 1. The summed E-state index contributed by atoms with van der Waals surface area (Å²) in [5.41, 5.74) is 1.26. The van der Waals surface area contributed by atoms with Gasteiger partial charge in [0, 0.05) is 25.0 Å². The Morgan fingerprint density at radius 3 is 2.83 bits per heavy atom. The number of carbonyl (C=O) groups excluding carboxylic acids is 1. The van der Waals surface area contributed by atoms with Gasteiger partial charge in [0.05, 0.1) is 7.11 Å². The lowest BCUT2D eigenvalue weighted by molar-refractivity contribution is -0.122. The van der Waals surface area contributed by atoms with Crippen molar-refractivity contribution >= 4 is 5.91 Å². The van der Waals surface area contributed by atoms with Crippen molar-refractivity contribution in [2.75, 3.05) is 13.7 Å². The third-order valence-corrected chi connectivity index (χ3v) is 5.14. The Labute approximate surface area is 139 Å². The van der Waals surface area contributed by atoms with E-state index in [1.54, 1.807) is 7.11 Å². The zero-order chi connectivity index (χ0) is 16.1. The second-order valence-electron chi connectivity index (χ2n) is 6.98. The molecule has 2 bridgehead atoms. The summed E-state index contributed by atoms with van der Waals surface area (Å²) in [5, 5.41) is 6.72. The fourth-order valence-electron chi connectivity index (χ4n) is 4.02. The molecule has 2 atom stereocenters. The number of methoxy groups -OCH3 is 1. The number of nitrogens with one attached hydrogen (secondary N) is 2. The summed E-state index contributed by atoms with van der Waals surface area (Å²) in [6.07, 6.45) is 7.58. The normalized spacial score (nSPS) is 26.0. The average molecular weight is 316 g/mol. The molecule has 2 saturated heterocycles. The molecule has 2 N–H and O–H groups in total. The molecule has 2 aliphatic heterocycles. The van der Waals surface area contributed by atoms with Crippen LogP contribution in [0.5, 0.6) is 5.75 Å². The average Bonchev–Trinajstić information content (AvgIpc) is 2.90. The van der Waals surface area contributed by atoms with Crippen molar-refractivity contribution in [2.45, 2.75) is 57.0 Å². The van der Waals surface area contributed by atoms with Gasteiger partial charge < -0.3 is 15.4 Å². The smallest absolute Gasteiger partial charge is 0.220 e. The monoisotopic (exact) mass is 316 g/mol. The molecule has 23 heavy (non-hydrogen) atoms. The third kappa shape index (κ3) is 4.71. The van der Waals surface area contributed by atoms with Gasteiger partial charge in [0.1, 0.15) is 5.75 Å². The predicted octanol–water partition coefficient (Wildman–Crippen LogP) is 2.66. The van der Waals surface area contributed by atoms with E-state index >= 15 is 0 Å². The lowest BCUT2D eigenvalue weighted by atomic mass is 9.89. The standard InChI is InChI=1S/C19H28N2O2/c1-23-18-6-2-4-14(12-18)5-3-9-20-19(22)13-15-10-16-7-8-17(11-15)21-16/h2,4,6,12,15-17,21H,3,5,7-11,13H2,1H3,(H,20,22). The van der Waals surface area contributed by atoms with Gasteiger partial charge in [-0.25, -0.2) is 0 Å². The van der Waals surface area contributed by atoms with Crippen LogP contribution in [-0.2, 0) is 11.2 Å². The SMILES string of the molecule is COc1cccc(CCCNC(=O)CC2CC3CCC(C2)N3)c1. The molecule has 2 aliphatic rings. The number of hydrogen-bond donors (Lipinski definition) is 2. The number of carbonyl (C=O) groups is 1. The van der Waals surface area contributed by atoms with E-state index in [0.717, 1.165) is 25.1 Å². The van der Waals surface area contributed by atoms with Crippen molar-refractivity contribution in [2.24, 2.45) is 5.92 Å². The Hall–Kier alpha value is -1.55. The first-order valence-corrected chi connectivity index (χ1v) is 8.88. The van der Waals surface area contributed by atoms with Crippen LogP contribution in [0, 0.1) is 5.92 Å². The van der Waals surface area contributed by atoms with Crippen molar-refractivity contribution in [1.82, 2.24) is 10.6 Å². The highest BCUT2D eigenvalue weighted by Crippen LogP contribution is 2.32. The molecule has 1 aromatic carbocycles. The highest BCUT2D eigenvalue weighted by molar-refractivity contribution is 5.76. The topological polar surface area (TPSA) is 50.4 Å². The number of rotatable bonds is 7. The third-order valence-electron chi connectivity index (χ3n) is 5.14. The number of amides is 1. The molecule has 0 aliphatic carbocycles. The minimum Gasteiger partial charge on any atom is -0.497 e. The summed E-state index contributed by atoms with van der Waals surface area (Å²) in [6, 6.07) is 9.47. The summed E-state index contributed by atoms with van der Waals surface area (Å²) < 4.78 is 5.23. The van der Waals surface area contributed by atoms with Gasteiger partial charge in [-0.3, -0.25) is 4.79 Å². The molecule has 3 rings (SSSR count). The fourth-order valence-corrected chi connectivity index (χ4v) is 4.02. The minimum absolute atomic E-state index is 0.224. The van der Waals surface area contributed by atoms with Crippen molar-refractivity contribution < 1.29 is 9.53 Å². The molecule has 2 unspecified atom stereocenters. The zero-order valence-electron chi connectivity index (χ0n) is 14.0. The van der Waals surface area contributed by atoms with Crippen molar-refractivity contribution in [3.63, 3.8) is 0 Å². The summed E-state index contributed by atoms with van der Waals surface area (Å²) in [7, 11) is 1.69. The molecule has 0 saturated carbocycles. The summed E-state index contributed by atoms with van der Waals surface area (Å²) in [5.74, 6) is 1.70. The molecule has 1 aromatic rings. The second kappa shape index (κ2) is 7.82. The van der Waals surface area contributed by atoms with E-state index in [2.05, 4.69) is 22.8 Å². The maximum atomic E-state index is 12.1. The highest BCUT2D eigenvalue weighted by Gasteiger charge is 2.33. The maximum absolute atomic E-state index is 12.1. The first-order valence-electron chi connectivity index (χ1n) is 8.88. The largest absolute Gasteiger partial charge is 0.497 e. The van der Waals surface area contributed by atoms with Gasteiger partial charge in [0.2, 0.25) is 5.91 Å². The van der Waals surface area contributed by atoms with Crippen molar-refractivity contribution in [1.29, 1.82) is 0 Å². The lowest BCUT2D eigenvalue weighted by Gasteiger charge is -2.28. The molecule has 0 aromatic heterocycles. The van der Waals surface area contributed by atoms with Gasteiger partial charge in [0.25, 0.3) is 0 Å². The molecular weight excluding hydrogens is 288 g/mol. The number of fused-ring (bicyclic) bond motifs is 2. The van der Waals surface area contributed by atoms with Crippen molar-refractivity contribution in [3.8, 4) is 5.75 Å². The Kier molecular flexibility index (Phi) is 5.55. The molecule has 0 radical (unpaired) electrons. The Bertz CT molecular complexity index is 520. The van der Waals surface area contributed by atoms with E-state index in [9.17, 15) is 4.79 Å². The van der Waals surface area contributed by atoms with E-state index < -0.39 is 0 Å². The van der Waals surface area contributed by atoms with Gasteiger partial charge in [0.15, 0.2) is 0 Å². The zero-order valence-corrected chi connectivity index (χ0v) is 14.0. The van der Waals surface area contributed by atoms with Gasteiger partial charge in [-0.05, 0) is 62.1 Å². The van der Waals surface area contributed by atoms with Crippen LogP contribution >= 0.6 is 0 Å². The van der Waals surface area contributed by atoms with E-state index in [1.807, 2.05) is 12.1 Å². The number of hydrogen-bond acceptors (Lipinski definition) is 3. The summed E-state index contributed by atoms with van der Waals surface area (Å²) >= 11 is 0. The van der Waals surface area contributed by atoms with Crippen LogP contribution in [0.25, 0.3) is 0 Å². The molecule has 2 heterocycles. The maximum Gasteiger partial charge on any atom is 0.220 e. The van der Waals surface area contributed by atoms with E-state index in [0.29, 0.717) is 24.4 Å². The predicted molar refractivity (Wildman–Crippen MR) is 91.6 cm³/mol. The molecule has 1 amide bonds. The van der Waals surface area contributed by atoms with Crippen LogP contribution in [0.4, 0.5) is 0 Å². The second-order valence-corrected chi connectivity index (χ2v) is 6.98. The number of benzene rings is 1. The highest BCUT2D eigenvalue weighted by atomic mass is 16.5. The number of piperidine rings is 1. The van der Waals surface area contributed by atoms with Gasteiger partial charge in [-0.1, -0.05) is 12.1 Å². The molecule has 4 heteroatoms. The Morgan fingerprint density at radius 1 is 1.30 bits per heavy atom. The first kappa shape index (κ1) is 16.3. The molecule has 126 valence electrons. The van der Waals surface area contributed by atoms with E-state index in [-0.39, 0.29) is 5.91 Å². The quantitative estimate of drug-likeness (QED) is 0.760. The number of aryl methyl sites for hydroxylation is 1. The van der Waals surface area contributed by atoms with E-state index in [4.69, 9.17) is 4.74 Å². The van der Waals surface area contributed by atoms with E-state index in [1.165, 1.54) is 31.2 Å². The Morgan fingerprint density at radius 2 is 2.09 bits per heavy atom. The first-order chi connectivity index (χ1) is 11.2. The van der Waals surface area contributed by atoms with Crippen LogP contribution in [0.15, 0.2) is 24.3 Å². The lowest BCUT2D eigenvalue weighted by Crippen LogP contribution is -2.39. The summed E-state index contributed by atoms with van der Waals surface area (Å²) in [6.45, 7) is 0.758. The van der Waals surface area contributed by atoms with Crippen LogP contribution < -0.4 is 15.4 Å². The summed E-state index contributed by atoms with van der Waals surface area (Å²) in [4.78, 5) is 12.1. The van der Waals surface area contributed by atoms with Crippen LogP contribution in [0.1, 0.15) is 44.1 Å². The molecule has 4 nitrogen and oxygen atoms in total. The van der Waals surface area contributed by atoms with Crippen molar-refractivity contribution in [3.05, 3.63) is 29.8 Å². The Balaban J connectivity index is 1.33. The van der Waals surface area contributed by atoms with Crippen LogP contribution in [0.3, 0.4) is 0 Å². The molecule has 0 spiro atoms. The molecule has 2 fully saturated rings. The minimum atomic E-state index is 0.224.